The molecule has 0 atom stereocenters. The lowest BCUT2D eigenvalue weighted by molar-refractivity contribution is -0.288. The third-order valence-corrected chi connectivity index (χ3v) is 7.91. The first-order chi connectivity index (χ1) is 21.4. The van der Waals surface area contributed by atoms with Crippen LogP contribution in [0.1, 0.15) is 136 Å². The van der Waals surface area contributed by atoms with Crippen LogP contribution in [-0.2, 0) is 14.9 Å². The number of alkyl halides is 6. The van der Waals surface area contributed by atoms with Crippen LogP contribution in [0.2, 0.25) is 0 Å². The van der Waals surface area contributed by atoms with Gasteiger partial charge in [-0.15, -0.1) is 0 Å². The van der Waals surface area contributed by atoms with Gasteiger partial charge in [0.25, 0.3) is 0 Å². The largest absolute Gasteiger partial charge is 0.462 e. The Bertz CT molecular complexity index is 1080. The quantitative estimate of drug-likeness (QED) is 0.0818. The minimum absolute atomic E-state index is 0.145. The van der Waals surface area contributed by atoms with E-state index in [-0.39, 0.29) is 13.2 Å². The number of benzene rings is 2. The Labute approximate surface area is 262 Å². The molecule has 2 aromatic rings. The van der Waals surface area contributed by atoms with Crippen molar-refractivity contribution < 1.29 is 45.4 Å². The van der Waals surface area contributed by atoms with Gasteiger partial charge in [-0.05, 0) is 36.1 Å². The predicted octanol–water partition coefficient (Wildman–Crippen LogP) is 10.9. The predicted molar refractivity (Wildman–Crippen MR) is 162 cm³/mol. The summed E-state index contributed by atoms with van der Waals surface area (Å²) in [7, 11) is 0. The summed E-state index contributed by atoms with van der Waals surface area (Å²) in [6.45, 7) is 3.89. The van der Waals surface area contributed by atoms with Crippen LogP contribution in [0.4, 0.5) is 26.3 Å². The molecule has 252 valence electrons. The highest BCUT2D eigenvalue weighted by atomic mass is 19.4. The molecule has 0 aliphatic carbocycles. The zero-order chi connectivity index (χ0) is 33.3. The molecular weight excluding hydrogens is 598 g/mol. The van der Waals surface area contributed by atoms with Crippen molar-refractivity contribution in [3.63, 3.8) is 0 Å². The summed E-state index contributed by atoms with van der Waals surface area (Å²) in [4.78, 5) is 26.1. The summed E-state index contributed by atoms with van der Waals surface area (Å²) in [6.07, 6.45) is 0.509. The fourth-order valence-electron chi connectivity index (χ4n) is 5.50. The van der Waals surface area contributed by atoms with E-state index >= 15 is 26.3 Å². The van der Waals surface area contributed by atoms with Gasteiger partial charge in [-0.3, -0.25) is 0 Å². The van der Waals surface area contributed by atoms with Crippen LogP contribution in [0.25, 0.3) is 0 Å². The van der Waals surface area contributed by atoms with E-state index in [1.54, 1.807) is 0 Å². The molecule has 45 heavy (non-hydrogen) atoms. The third kappa shape index (κ3) is 10.5. The summed E-state index contributed by atoms with van der Waals surface area (Å²) >= 11 is 0. The van der Waals surface area contributed by atoms with E-state index in [9.17, 15) is 9.59 Å². The number of hydrogen-bond acceptors (Lipinski definition) is 4. The Kier molecular flexibility index (Phi) is 15.9. The minimum Gasteiger partial charge on any atom is -0.462 e. The average Bonchev–Trinajstić information content (AvgIpc) is 2.99. The van der Waals surface area contributed by atoms with Crippen LogP contribution in [0, 0.1) is 0 Å². The number of carbonyl (C=O) groups excluding carboxylic acids is 2. The summed E-state index contributed by atoms with van der Waals surface area (Å²) in [5.41, 5.74) is -9.18. The van der Waals surface area contributed by atoms with E-state index in [0.29, 0.717) is 37.8 Å². The van der Waals surface area contributed by atoms with Gasteiger partial charge >= 0.3 is 24.3 Å². The van der Waals surface area contributed by atoms with E-state index in [2.05, 4.69) is 13.8 Å². The molecule has 0 radical (unpaired) electrons. The molecule has 0 spiro atoms. The van der Waals surface area contributed by atoms with Gasteiger partial charge < -0.3 is 9.47 Å². The molecule has 0 bridgehead atoms. The van der Waals surface area contributed by atoms with Gasteiger partial charge in [0.2, 0.25) is 5.41 Å². The number of halogens is 6. The molecule has 0 aliphatic rings. The number of unbranched alkanes of at least 4 members (excludes halogenated alkanes) is 12. The number of rotatable bonds is 20. The molecule has 0 saturated heterocycles. The third-order valence-electron chi connectivity index (χ3n) is 7.91. The van der Waals surface area contributed by atoms with Gasteiger partial charge in [0, 0.05) is 0 Å². The lowest BCUT2D eigenvalue weighted by Gasteiger charge is -2.39. The Morgan fingerprint density at radius 3 is 1.16 bits per heavy atom. The summed E-state index contributed by atoms with van der Waals surface area (Å²) < 4.78 is 101. The van der Waals surface area contributed by atoms with Gasteiger partial charge in [-0.2, -0.15) is 26.3 Å². The lowest BCUT2D eigenvalue weighted by Crippen LogP contribution is -2.56. The van der Waals surface area contributed by atoms with Crippen LogP contribution in [0.3, 0.4) is 0 Å². The molecule has 0 amide bonds. The first-order valence-corrected chi connectivity index (χ1v) is 16.1. The van der Waals surface area contributed by atoms with Crippen molar-refractivity contribution in [2.24, 2.45) is 0 Å². The van der Waals surface area contributed by atoms with Gasteiger partial charge in [0.1, 0.15) is 0 Å². The van der Waals surface area contributed by atoms with Gasteiger partial charge in [0.15, 0.2) is 0 Å². The molecule has 4 nitrogen and oxygen atoms in total. The average molecular weight is 645 g/mol. The molecule has 2 aromatic carbocycles. The Morgan fingerprint density at radius 2 is 0.822 bits per heavy atom. The van der Waals surface area contributed by atoms with Crippen molar-refractivity contribution in [2.45, 2.75) is 122 Å². The van der Waals surface area contributed by atoms with Crippen molar-refractivity contribution in [3.05, 3.63) is 70.8 Å². The number of ether oxygens (including phenoxy) is 2. The number of carbonyl (C=O) groups is 2. The molecule has 0 unspecified atom stereocenters. The Hall–Kier alpha value is -3.04. The highest BCUT2D eigenvalue weighted by Gasteiger charge is 2.74. The van der Waals surface area contributed by atoms with Crippen molar-refractivity contribution in [3.8, 4) is 0 Å². The van der Waals surface area contributed by atoms with Crippen LogP contribution in [-0.4, -0.2) is 37.5 Å². The monoisotopic (exact) mass is 644 g/mol. The van der Waals surface area contributed by atoms with E-state index in [1.165, 1.54) is 12.1 Å². The zero-order valence-corrected chi connectivity index (χ0v) is 26.3. The van der Waals surface area contributed by atoms with Crippen molar-refractivity contribution in [1.82, 2.24) is 0 Å². The molecule has 0 heterocycles. The van der Waals surface area contributed by atoms with Gasteiger partial charge in [-0.1, -0.05) is 127 Å². The maximum atomic E-state index is 15.1. The second kappa shape index (κ2) is 18.8. The minimum atomic E-state index is -6.00. The van der Waals surface area contributed by atoms with Crippen LogP contribution >= 0.6 is 0 Å². The zero-order valence-electron chi connectivity index (χ0n) is 26.3. The maximum absolute atomic E-state index is 15.1. The van der Waals surface area contributed by atoms with Gasteiger partial charge in [0.05, 0.1) is 24.3 Å². The first kappa shape index (κ1) is 38.1. The second-order valence-electron chi connectivity index (χ2n) is 11.4. The number of hydrogen-bond donors (Lipinski definition) is 0. The summed E-state index contributed by atoms with van der Waals surface area (Å²) in [5, 5.41) is 0. The fourth-order valence-corrected chi connectivity index (χ4v) is 5.50. The normalized spacial score (nSPS) is 12.3. The van der Waals surface area contributed by atoms with E-state index < -0.39 is 52.0 Å². The first-order valence-electron chi connectivity index (χ1n) is 16.1. The fraction of sp³-hybridized carbons (Fsp3) is 0.600. The highest BCUT2D eigenvalue weighted by molar-refractivity contribution is 5.94. The van der Waals surface area contributed by atoms with Crippen LogP contribution in [0.15, 0.2) is 48.5 Å². The summed E-state index contributed by atoms with van der Waals surface area (Å²) in [6, 6.07) is 7.35. The molecule has 0 aliphatic heterocycles. The molecule has 10 heteroatoms. The standard InChI is InChI=1S/C35H46F6O4/c1-3-5-7-9-11-13-19-25-44-31(42)27-21-15-17-23-29(27)33(34(36,37)38,35(39,40)41)30-24-18-16-22-28(30)32(43)45-26-20-14-12-10-8-6-4-2/h15-18,21-24H,3-14,19-20,25-26H2,1-2H3. The van der Waals surface area contributed by atoms with Crippen LogP contribution < -0.4 is 0 Å². The topological polar surface area (TPSA) is 52.6 Å². The molecular formula is C35H46F6O4. The van der Waals surface area contributed by atoms with E-state index in [0.717, 1.165) is 88.5 Å². The van der Waals surface area contributed by atoms with Crippen molar-refractivity contribution >= 4 is 11.9 Å². The lowest BCUT2D eigenvalue weighted by atomic mass is 9.69. The summed E-state index contributed by atoms with van der Waals surface area (Å²) in [5.74, 6) is -2.60. The Morgan fingerprint density at radius 1 is 0.511 bits per heavy atom. The molecule has 2 rings (SSSR count). The van der Waals surface area contributed by atoms with E-state index in [4.69, 9.17) is 9.47 Å². The molecule has 0 aromatic heterocycles. The Balaban J connectivity index is 2.39. The molecule has 0 saturated carbocycles. The van der Waals surface area contributed by atoms with E-state index in [1.807, 2.05) is 0 Å². The highest BCUT2D eigenvalue weighted by Crippen LogP contribution is 2.57. The van der Waals surface area contributed by atoms with Crippen molar-refractivity contribution in [2.75, 3.05) is 13.2 Å². The smallest absolute Gasteiger partial charge is 0.411 e. The molecule has 0 fully saturated rings. The second-order valence-corrected chi connectivity index (χ2v) is 11.4. The maximum Gasteiger partial charge on any atom is 0.411 e. The molecule has 0 N–H and O–H groups in total. The SMILES string of the molecule is CCCCCCCCCOC(=O)c1ccccc1C(c1ccccc1C(=O)OCCCCCCCCC)(C(F)(F)F)C(F)(F)F. The van der Waals surface area contributed by atoms with Crippen LogP contribution in [0.5, 0.6) is 0 Å². The van der Waals surface area contributed by atoms with Gasteiger partial charge in [-0.25, -0.2) is 9.59 Å². The van der Waals surface area contributed by atoms with Crippen molar-refractivity contribution in [1.29, 1.82) is 0 Å². The number of esters is 2.